The lowest BCUT2D eigenvalue weighted by Crippen LogP contribution is -2.36. The molecule has 9 nitrogen and oxygen atoms in total. The number of nitrogens with zero attached hydrogens (tertiary/aromatic N) is 2. The zero-order valence-corrected chi connectivity index (χ0v) is 21.7. The number of aromatic nitrogens is 1. The maximum atomic E-state index is 13.5. The molecule has 1 aromatic heterocycles. The van der Waals surface area contributed by atoms with Gasteiger partial charge in [-0.3, -0.25) is 9.59 Å². The van der Waals surface area contributed by atoms with Gasteiger partial charge in [0.25, 0.3) is 11.8 Å². The van der Waals surface area contributed by atoms with E-state index in [-0.39, 0.29) is 12.0 Å². The summed E-state index contributed by atoms with van der Waals surface area (Å²) in [5.41, 5.74) is 2.09. The molecule has 38 heavy (non-hydrogen) atoms. The van der Waals surface area contributed by atoms with E-state index in [0.29, 0.717) is 46.6 Å². The Balaban J connectivity index is 1.38. The van der Waals surface area contributed by atoms with Crippen molar-refractivity contribution in [2.45, 2.75) is 18.9 Å². The van der Waals surface area contributed by atoms with Crippen molar-refractivity contribution in [3.8, 4) is 5.75 Å². The van der Waals surface area contributed by atoms with Crippen molar-refractivity contribution < 1.29 is 19.1 Å². The van der Waals surface area contributed by atoms with Crippen LogP contribution in [0.4, 0.5) is 17.2 Å². The lowest BCUT2D eigenvalue weighted by molar-refractivity contribution is 0.101. The quantitative estimate of drug-likeness (QED) is 0.416. The fourth-order valence-corrected chi connectivity index (χ4v) is 4.63. The summed E-state index contributed by atoms with van der Waals surface area (Å²) in [4.78, 5) is 32.9. The van der Waals surface area contributed by atoms with Crippen molar-refractivity contribution in [2.24, 2.45) is 0 Å². The predicted octanol–water partition coefficient (Wildman–Crippen LogP) is 4.21. The van der Waals surface area contributed by atoms with Gasteiger partial charge in [-0.05, 0) is 62.3 Å². The van der Waals surface area contributed by atoms with Gasteiger partial charge >= 0.3 is 0 Å². The number of ether oxygens (including phenoxy) is 2. The van der Waals surface area contributed by atoms with Gasteiger partial charge in [0.1, 0.15) is 17.7 Å². The van der Waals surface area contributed by atoms with Gasteiger partial charge in [-0.15, -0.1) is 0 Å². The van der Waals surface area contributed by atoms with E-state index in [9.17, 15) is 9.59 Å². The number of anilines is 3. The SMILES string of the molecule is O=C(Nc1ccc(Cl)cn1)c1ccccc1NC(=O)c1ccc(N2CCOCC2)cc1OC1CCNCC1. The molecular weight excluding hydrogens is 506 g/mol. The minimum Gasteiger partial charge on any atom is -0.489 e. The topological polar surface area (TPSA) is 105 Å². The summed E-state index contributed by atoms with van der Waals surface area (Å²) in [6, 6.07) is 15.8. The number of morpholine rings is 1. The number of halogens is 1. The van der Waals surface area contributed by atoms with Gasteiger partial charge in [-0.1, -0.05) is 23.7 Å². The molecule has 0 atom stereocenters. The van der Waals surface area contributed by atoms with Crippen LogP contribution in [0.2, 0.25) is 5.02 Å². The van der Waals surface area contributed by atoms with Crippen LogP contribution in [0.5, 0.6) is 5.75 Å². The van der Waals surface area contributed by atoms with Crippen molar-refractivity contribution >= 4 is 40.6 Å². The summed E-state index contributed by atoms with van der Waals surface area (Å²) >= 11 is 5.89. The Labute approximate surface area is 226 Å². The summed E-state index contributed by atoms with van der Waals surface area (Å²) in [7, 11) is 0. The van der Waals surface area contributed by atoms with Gasteiger partial charge < -0.3 is 30.3 Å². The van der Waals surface area contributed by atoms with Gasteiger partial charge in [0.2, 0.25) is 0 Å². The second-order valence-electron chi connectivity index (χ2n) is 9.16. The number of hydrogen-bond acceptors (Lipinski definition) is 7. The number of piperidine rings is 1. The molecule has 198 valence electrons. The third-order valence-electron chi connectivity index (χ3n) is 6.55. The highest BCUT2D eigenvalue weighted by atomic mass is 35.5. The maximum Gasteiger partial charge on any atom is 0.259 e. The average Bonchev–Trinajstić information content (AvgIpc) is 2.95. The highest BCUT2D eigenvalue weighted by Crippen LogP contribution is 2.30. The van der Waals surface area contributed by atoms with Crippen LogP contribution in [-0.4, -0.2) is 62.3 Å². The van der Waals surface area contributed by atoms with E-state index in [0.717, 1.165) is 44.7 Å². The summed E-state index contributed by atoms with van der Waals surface area (Å²) in [6.07, 6.45) is 3.21. The molecule has 0 spiro atoms. The number of carbonyl (C=O) groups is 2. The molecule has 3 N–H and O–H groups in total. The van der Waals surface area contributed by atoms with Crippen LogP contribution in [0.1, 0.15) is 33.6 Å². The minimum atomic E-state index is -0.399. The van der Waals surface area contributed by atoms with Crippen LogP contribution in [-0.2, 0) is 4.74 Å². The van der Waals surface area contributed by atoms with E-state index in [1.165, 1.54) is 6.20 Å². The number of hydrogen-bond donors (Lipinski definition) is 3. The van der Waals surface area contributed by atoms with Crippen molar-refractivity contribution in [1.82, 2.24) is 10.3 Å². The maximum absolute atomic E-state index is 13.5. The molecule has 2 amide bonds. The molecule has 0 saturated carbocycles. The molecule has 5 rings (SSSR count). The second kappa shape index (κ2) is 12.3. The monoisotopic (exact) mass is 535 g/mol. The van der Waals surface area contributed by atoms with E-state index >= 15 is 0 Å². The molecule has 0 unspecified atom stereocenters. The molecule has 2 saturated heterocycles. The van der Waals surface area contributed by atoms with Crippen LogP contribution in [0, 0.1) is 0 Å². The van der Waals surface area contributed by atoms with Crippen molar-refractivity contribution in [3.05, 3.63) is 76.9 Å². The van der Waals surface area contributed by atoms with Crippen molar-refractivity contribution in [3.63, 3.8) is 0 Å². The van der Waals surface area contributed by atoms with Crippen LogP contribution in [0.3, 0.4) is 0 Å². The number of amides is 2. The summed E-state index contributed by atoms with van der Waals surface area (Å²) in [6.45, 7) is 4.64. The number of nitrogens with one attached hydrogen (secondary N) is 3. The van der Waals surface area contributed by atoms with Gasteiger partial charge in [0.05, 0.1) is 35.1 Å². The molecule has 3 aromatic rings. The Hall–Kier alpha value is -3.66. The number of pyridine rings is 1. The van der Waals surface area contributed by atoms with E-state index in [2.05, 4.69) is 25.8 Å². The molecule has 0 aliphatic carbocycles. The molecule has 2 aromatic carbocycles. The van der Waals surface area contributed by atoms with Gasteiger partial charge in [0, 0.05) is 31.0 Å². The fourth-order valence-electron chi connectivity index (χ4n) is 4.52. The first-order valence-electron chi connectivity index (χ1n) is 12.7. The number of benzene rings is 2. The third kappa shape index (κ3) is 6.42. The number of carbonyl (C=O) groups excluding carboxylic acids is 2. The Morgan fingerprint density at radius 1 is 0.974 bits per heavy atom. The van der Waals surface area contributed by atoms with Crippen LogP contribution >= 0.6 is 11.6 Å². The van der Waals surface area contributed by atoms with Gasteiger partial charge in [-0.25, -0.2) is 4.98 Å². The first-order valence-corrected chi connectivity index (χ1v) is 13.1. The van der Waals surface area contributed by atoms with Crippen LogP contribution in [0.25, 0.3) is 0 Å². The first kappa shape index (κ1) is 26.0. The average molecular weight is 536 g/mol. The molecule has 2 aliphatic rings. The summed E-state index contributed by atoms with van der Waals surface area (Å²) in [5, 5.41) is 9.46. The van der Waals surface area contributed by atoms with Crippen LogP contribution in [0.15, 0.2) is 60.8 Å². The summed E-state index contributed by atoms with van der Waals surface area (Å²) < 4.78 is 11.9. The van der Waals surface area contributed by atoms with Gasteiger partial charge in [0.15, 0.2) is 0 Å². The van der Waals surface area contributed by atoms with E-state index in [1.807, 2.05) is 12.1 Å². The fraction of sp³-hybridized carbons (Fsp3) is 0.321. The van der Waals surface area contributed by atoms with Gasteiger partial charge in [-0.2, -0.15) is 0 Å². The Kier molecular flexibility index (Phi) is 8.37. The van der Waals surface area contributed by atoms with Crippen LogP contribution < -0.4 is 25.6 Å². The molecule has 0 bridgehead atoms. The highest BCUT2D eigenvalue weighted by molar-refractivity contribution is 6.30. The van der Waals surface area contributed by atoms with E-state index in [1.54, 1.807) is 42.5 Å². The largest absolute Gasteiger partial charge is 0.489 e. The number of para-hydroxylation sites is 1. The van der Waals surface area contributed by atoms with E-state index in [4.69, 9.17) is 21.1 Å². The molecular formula is C28H30ClN5O4. The summed E-state index contributed by atoms with van der Waals surface area (Å²) in [5.74, 6) is 0.138. The van der Waals surface area contributed by atoms with Crippen molar-refractivity contribution in [2.75, 3.05) is 54.9 Å². The second-order valence-corrected chi connectivity index (χ2v) is 9.60. The smallest absolute Gasteiger partial charge is 0.259 e. The predicted molar refractivity (Wildman–Crippen MR) is 148 cm³/mol. The highest BCUT2D eigenvalue weighted by Gasteiger charge is 2.23. The molecule has 0 radical (unpaired) electrons. The Morgan fingerprint density at radius 2 is 1.74 bits per heavy atom. The molecule has 2 fully saturated rings. The first-order chi connectivity index (χ1) is 18.6. The standard InChI is InChI=1S/C28H30ClN5O4/c29-19-5-8-26(31-18-19)33-27(35)22-3-1-2-4-24(22)32-28(36)23-7-6-20(34-13-15-37-16-14-34)17-25(23)38-21-9-11-30-12-10-21/h1-8,17-18,21,30H,9-16H2,(H,32,36)(H,31,33,35). The normalized spacial score (nSPS) is 16.1. The lowest BCUT2D eigenvalue weighted by atomic mass is 10.1. The zero-order chi connectivity index (χ0) is 26.3. The zero-order valence-electron chi connectivity index (χ0n) is 20.9. The molecule has 10 heteroatoms. The molecule has 2 aliphatic heterocycles. The van der Waals surface area contributed by atoms with E-state index < -0.39 is 5.91 Å². The Bertz CT molecular complexity index is 1270. The van der Waals surface area contributed by atoms with Crippen molar-refractivity contribution in [1.29, 1.82) is 0 Å². The lowest BCUT2D eigenvalue weighted by Gasteiger charge is -2.30. The molecule has 3 heterocycles. The minimum absolute atomic E-state index is 0.0210. The number of rotatable bonds is 7. The Morgan fingerprint density at radius 3 is 2.50 bits per heavy atom. The third-order valence-corrected chi connectivity index (χ3v) is 6.78.